The largest absolute Gasteiger partial charge is 0.461 e. The average Bonchev–Trinajstić information content (AvgIpc) is 2.83. The maximum atomic E-state index is 12.3. The first-order valence-electron chi connectivity index (χ1n) is 7.48. The van der Waals surface area contributed by atoms with Crippen molar-refractivity contribution in [2.24, 2.45) is 0 Å². The highest BCUT2D eigenvalue weighted by atomic mass is 16.5. The number of carbonyl (C=O) groups excluding carboxylic acids is 1. The van der Waals surface area contributed by atoms with E-state index in [2.05, 4.69) is 11.9 Å². The highest BCUT2D eigenvalue weighted by molar-refractivity contribution is 5.90. The number of ether oxygens (including phenoxy) is 1. The fourth-order valence-corrected chi connectivity index (χ4v) is 2.34. The molecule has 2 aromatic rings. The standard InChI is InChI=1S/C17H22N2O2/c1-4-11-19-15(17(20)21-12-5-2)13(3)18-16(19)14-9-7-6-8-10-14/h6-10H,4-5,11-12H2,1-3H3. The molecule has 0 fully saturated rings. The molecular formula is C17H22N2O2. The van der Waals surface area contributed by atoms with E-state index in [-0.39, 0.29) is 5.97 Å². The number of hydrogen-bond acceptors (Lipinski definition) is 3. The van der Waals surface area contributed by atoms with Gasteiger partial charge in [-0.2, -0.15) is 0 Å². The van der Waals surface area contributed by atoms with Gasteiger partial charge >= 0.3 is 5.97 Å². The predicted molar refractivity (Wildman–Crippen MR) is 83.3 cm³/mol. The highest BCUT2D eigenvalue weighted by Gasteiger charge is 2.22. The summed E-state index contributed by atoms with van der Waals surface area (Å²) in [6.45, 7) is 7.13. The molecule has 0 aliphatic carbocycles. The molecule has 0 amide bonds. The third kappa shape index (κ3) is 3.32. The second-order valence-electron chi connectivity index (χ2n) is 5.02. The van der Waals surface area contributed by atoms with Gasteiger partial charge in [0.25, 0.3) is 0 Å². The summed E-state index contributed by atoms with van der Waals surface area (Å²) in [6.07, 6.45) is 1.75. The van der Waals surface area contributed by atoms with Gasteiger partial charge in [0.2, 0.25) is 0 Å². The number of hydrogen-bond donors (Lipinski definition) is 0. The number of nitrogens with zero attached hydrogens (tertiary/aromatic N) is 2. The number of carbonyl (C=O) groups is 1. The van der Waals surface area contributed by atoms with E-state index in [0.29, 0.717) is 12.3 Å². The molecule has 0 bridgehead atoms. The number of aromatic nitrogens is 2. The van der Waals surface area contributed by atoms with Crippen LogP contribution in [-0.4, -0.2) is 22.1 Å². The zero-order chi connectivity index (χ0) is 15.2. The van der Waals surface area contributed by atoms with E-state index in [1.54, 1.807) is 0 Å². The van der Waals surface area contributed by atoms with Crippen molar-refractivity contribution in [3.63, 3.8) is 0 Å². The molecule has 0 aliphatic rings. The lowest BCUT2D eigenvalue weighted by molar-refractivity contribution is 0.0491. The SMILES string of the molecule is CCCOC(=O)c1c(C)nc(-c2ccccc2)n1CCC. The third-order valence-corrected chi connectivity index (χ3v) is 3.25. The summed E-state index contributed by atoms with van der Waals surface area (Å²) in [5.74, 6) is 0.552. The molecule has 0 aliphatic heterocycles. The van der Waals surface area contributed by atoms with Gasteiger partial charge < -0.3 is 9.30 Å². The van der Waals surface area contributed by atoms with Crippen LogP contribution in [0.15, 0.2) is 30.3 Å². The van der Waals surface area contributed by atoms with Crippen LogP contribution in [0.3, 0.4) is 0 Å². The minimum Gasteiger partial charge on any atom is -0.461 e. The zero-order valence-electron chi connectivity index (χ0n) is 12.9. The number of benzene rings is 1. The Kier molecular flexibility index (Phi) is 5.14. The zero-order valence-corrected chi connectivity index (χ0v) is 12.9. The minimum atomic E-state index is -0.280. The van der Waals surface area contributed by atoms with E-state index >= 15 is 0 Å². The summed E-state index contributed by atoms with van der Waals surface area (Å²) in [6, 6.07) is 9.94. The van der Waals surface area contributed by atoms with Crippen molar-refractivity contribution in [1.29, 1.82) is 0 Å². The normalized spacial score (nSPS) is 10.6. The Bertz CT molecular complexity index is 603. The van der Waals surface area contributed by atoms with Gasteiger partial charge in [-0.1, -0.05) is 44.2 Å². The summed E-state index contributed by atoms with van der Waals surface area (Å²) in [7, 11) is 0. The van der Waals surface area contributed by atoms with Gasteiger partial charge in [-0.15, -0.1) is 0 Å². The highest BCUT2D eigenvalue weighted by Crippen LogP contribution is 2.23. The fraction of sp³-hybridized carbons (Fsp3) is 0.412. The van der Waals surface area contributed by atoms with E-state index in [0.717, 1.165) is 36.5 Å². The molecule has 0 saturated carbocycles. The van der Waals surface area contributed by atoms with Gasteiger partial charge in [-0.25, -0.2) is 9.78 Å². The molecule has 2 rings (SSSR count). The lowest BCUT2D eigenvalue weighted by Crippen LogP contribution is -2.14. The smallest absolute Gasteiger partial charge is 0.356 e. The monoisotopic (exact) mass is 286 g/mol. The molecule has 112 valence electrons. The van der Waals surface area contributed by atoms with Gasteiger partial charge in [0.15, 0.2) is 5.69 Å². The number of esters is 1. The van der Waals surface area contributed by atoms with E-state index in [1.165, 1.54) is 0 Å². The molecule has 4 nitrogen and oxygen atoms in total. The van der Waals surface area contributed by atoms with Crippen molar-refractivity contribution in [2.45, 2.75) is 40.2 Å². The molecule has 4 heteroatoms. The quantitative estimate of drug-likeness (QED) is 0.758. The minimum absolute atomic E-state index is 0.280. The Morgan fingerprint density at radius 3 is 2.52 bits per heavy atom. The Balaban J connectivity index is 2.46. The van der Waals surface area contributed by atoms with Crippen molar-refractivity contribution < 1.29 is 9.53 Å². The lowest BCUT2D eigenvalue weighted by atomic mass is 10.2. The van der Waals surface area contributed by atoms with Crippen molar-refractivity contribution in [2.75, 3.05) is 6.61 Å². The topological polar surface area (TPSA) is 44.1 Å². The molecule has 1 aromatic carbocycles. The molecule has 0 atom stereocenters. The number of rotatable bonds is 6. The molecular weight excluding hydrogens is 264 g/mol. The van der Waals surface area contributed by atoms with Gasteiger partial charge in [-0.05, 0) is 19.8 Å². The predicted octanol–water partition coefficient (Wildman–Crippen LogP) is 3.84. The van der Waals surface area contributed by atoms with Crippen LogP contribution in [0.2, 0.25) is 0 Å². The first-order chi connectivity index (χ1) is 10.2. The summed E-state index contributed by atoms with van der Waals surface area (Å²) in [5.41, 5.74) is 2.32. The summed E-state index contributed by atoms with van der Waals surface area (Å²) < 4.78 is 7.27. The summed E-state index contributed by atoms with van der Waals surface area (Å²) in [4.78, 5) is 16.9. The Labute approximate surface area is 125 Å². The molecule has 1 heterocycles. The van der Waals surface area contributed by atoms with Gasteiger partial charge in [0.05, 0.1) is 12.3 Å². The number of aryl methyl sites for hydroxylation is 1. The molecule has 0 unspecified atom stereocenters. The van der Waals surface area contributed by atoms with Crippen LogP contribution in [0.5, 0.6) is 0 Å². The van der Waals surface area contributed by atoms with Crippen molar-refractivity contribution in [3.8, 4) is 11.4 Å². The van der Waals surface area contributed by atoms with Crippen LogP contribution in [0.1, 0.15) is 42.9 Å². The molecule has 0 spiro atoms. The Morgan fingerprint density at radius 2 is 1.90 bits per heavy atom. The van der Waals surface area contributed by atoms with E-state index in [1.807, 2.05) is 48.7 Å². The molecule has 0 N–H and O–H groups in total. The van der Waals surface area contributed by atoms with E-state index in [9.17, 15) is 4.79 Å². The van der Waals surface area contributed by atoms with Crippen LogP contribution < -0.4 is 0 Å². The van der Waals surface area contributed by atoms with E-state index < -0.39 is 0 Å². The first kappa shape index (κ1) is 15.3. The lowest BCUT2D eigenvalue weighted by Gasteiger charge is -2.11. The van der Waals surface area contributed by atoms with Crippen LogP contribution in [-0.2, 0) is 11.3 Å². The Hall–Kier alpha value is -2.10. The van der Waals surface area contributed by atoms with Crippen molar-refractivity contribution in [3.05, 3.63) is 41.7 Å². The van der Waals surface area contributed by atoms with Crippen LogP contribution in [0.4, 0.5) is 0 Å². The second-order valence-corrected chi connectivity index (χ2v) is 5.02. The van der Waals surface area contributed by atoms with Crippen LogP contribution in [0.25, 0.3) is 11.4 Å². The maximum Gasteiger partial charge on any atom is 0.356 e. The molecule has 1 aromatic heterocycles. The van der Waals surface area contributed by atoms with Crippen molar-refractivity contribution >= 4 is 5.97 Å². The molecule has 0 radical (unpaired) electrons. The van der Waals surface area contributed by atoms with Gasteiger partial charge in [0, 0.05) is 12.1 Å². The Morgan fingerprint density at radius 1 is 1.19 bits per heavy atom. The van der Waals surface area contributed by atoms with Crippen molar-refractivity contribution in [1.82, 2.24) is 9.55 Å². The van der Waals surface area contributed by atoms with Crippen LogP contribution in [0, 0.1) is 6.92 Å². The average molecular weight is 286 g/mol. The van der Waals surface area contributed by atoms with Crippen LogP contribution >= 0.6 is 0 Å². The van der Waals surface area contributed by atoms with E-state index in [4.69, 9.17) is 4.74 Å². The van der Waals surface area contributed by atoms with Gasteiger partial charge in [-0.3, -0.25) is 0 Å². The van der Waals surface area contributed by atoms with Gasteiger partial charge in [0.1, 0.15) is 5.82 Å². The number of imidazole rings is 1. The maximum absolute atomic E-state index is 12.3. The molecule has 21 heavy (non-hydrogen) atoms. The third-order valence-electron chi connectivity index (χ3n) is 3.25. The fourth-order valence-electron chi connectivity index (χ4n) is 2.34. The molecule has 0 saturated heterocycles. The summed E-state index contributed by atoms with van der Waals surface area (Å²) in [5, 5.41) is 0. The first-order valence-corrected chi connectivity index (χ1v) is 7.48. The second kappa shape index (κ2) is 7.07. The summed E-state index contributed by atoms with van der Waals surface area (Å²) >= 11 is 0.